The van der Waals surface area contributed by atoms with Crippen LogP contribution in [0.25, 0.3) is 17.0 Å². The number of aromatic nitrogens is 3. The Kier molecular flexibility index (Phi) is 4.54. The average molecular weight is 394 g/mol. The molecule has 0 unspecified atom stereocenters. The second-order valence-corrected chi connectivity index (χ2v) is 8.18. The summed E-state index contributed by atoms with van der Waals surface area (Å²) in [5.41, 5.74) is 2.54. The van der Waals surface area contributed by atoms with Gasteiger partial charge in [0.25, 0.3) is 0 Å². The summed E-state index contributed by atoms with van der Waals surface area (Å²) in [5, 5.41) is 12.5. The molecule has 0 spiro atoms. The number of aliphatic hydroxyl groups is 1. The number of nitrogens with zero attached hydrogens (tertiary/aromatic N) is 3. The maximum Gasteiger partial charge on any atom is 0.234 e. The minimum absolute atomic E-state index is 0.0831. The molecule has 0 radical (unpaired) electrons. The fourth-order valence-electron chi connectivity index (χ4n) is 4.04. The van der Waals surface area contributed by atoms with Crippen LogP contribution in [0, 0.1) is 11.7 Å². The number of carbonyl (C=O) groups excluding carboxylic acids is 1. The zero-order valence-electron chi connectivity index (χ0n) is 16.0. The number of benzene rings is 1. The molecule has 0 aliphatic heterocycles. The highest BCUT2D eigenvalue weighted by Crippen LogP contribution is 2.39. The van der Waals surface area contributed by atoms with Gasteiger partial charge in [0.15, 0.2) is 0 Å². The zero-order chi connectivity index (χ0) is 20.0. The smallest absolute Gasteiger partial charge is 0.234 e. The van der Waals surface area contributed by atoms with Gasteiger partial charge in [-0.3, -0.25) is 9.20 Å². The molecule has 5 rings (SSSR count). The molecule has 0 bridgehead atoms. The molecule has 7 heteroatoms. The lowest BCUT2D eigenvalue weighted by molar-refractivity contribution is -0.121. The Morgan fingerprint density at radius 3 is 2.69 bits per heavy atom. The van der Waals surface area contributed by atoms with Gasteiger partial charge < -0.3 is 10.4 Å². The summed E-state index contributed by atoms with van der Waals surface area (Å²) in [6, 6.07) is 4.53. The first-order chi connectivity index (χ1) is 14.1. The SMILES string of the molecule is O=C(Nc1ccc(F)c(-c2cn3cc(C4CC4)cnc3n2)c1)C1CCC(O)CC1. The third-order valence-electron chi connectivity index (χ3n) is 5.96. The minimum atomic E-state index is -0.394. The van der Waals surface area contributed by atoms with Crippen LogP contribution in [0.15, 0.2) is 36.8 Å². The molecule has 150 valence electrons. The van der Waals surface area contributed by atoms with Gasteiger partial charge in [0.2, 0.25) is 11.7 Å². The van der Waals surface area contributed by atoms with E-state index in [9.17, 15) is 14.3 Å². The van der Waals surface area contributed by atoms with E-state index in [1.807, 2.05) is 16.8 Å². The number of fused-ring (bicyclic) bond motifs is 1. The van der Waals surface area contributed by atoms with Crippen molar-refractivity contribution in [1.29, 1.82) is 0 Å². The molecule has 2 aliphatic carbocycles. The highest BCUT2D eigenvalue weighted by Gasteiger charge is 2.26. The van der Waals surface area contributed by atoms with Crippen LogP contribution in [0.4, 0.5) is 10.1 Å². The lowest BCUT2D eigenvalue weighted by atomic mass is 9.87. The van der Waals surface area contributed by atoms with Crippen molar-refractivity contribution in [3.8, 4) is 11.3 Å². The van der Waals surface area contributed by atoms with Crippen molar-refractivity contribution in [2.45, 2.75) is 50.5 Å². The van der Waals surface area contributed by atoms with Crippen LogP contribution in [0.2, 0.25) is 0 Å². The van der Waals surface area contributed by atoms with Crippen molar-refractivity contribution >= 4 is 17.4 Å². The molecule has 0 atom stereocenters. The molecule has 2 saturated carbocycles. The Hall–Kier alpha value is -2.80. The first-order valence-corrected chi connectivity index (χ1v) is 10.2. The van der Waals surface area contributed by atoms with Crippen molar-refractivity contribution in [3.05, 3.63) is 48.2 Å². The van der Waals surface area contributed by atoms with E-state index in [4.69, 9.17) is 0 Å². The average Bonchev–Trinajstić information content (AvgIpc) is 3.48. The third kappa shape index (κ3) is 3.74. The Bertz CT molecular complexity index is 1070. The van der Waals surface area contributed by atoms with E-state index in [-0.39, 0.29) is 17.9 Å². The number of aliphatic hydroxyl groups excluding tert-OH is 1. The largest absolute Gasteiger partial charge is 0.393 e. The van der Waals surface area contributed by atoms with Gasteiger partial charge in [-0.15, -0.1) is 0 Å². The standard InChI is InChI=1S/C22H23FN4O2/c23-19-8-5-16(25-21(29)14-3-6-17(28)7-4-14)9-18(19)20-12-27-11-15(13-1-2-13)10-24-22(27)26-20/h5,8-14,17,28H,1-4,6-7H2,(H,25,29). The number of anilines is 1. The van der Waals surface area contributed by atoms with Crippen LogP contribution in [0.3, 0.4) is 0 Å². The zero-order valence-corrected chi connectivity index (χ0v) is 16.0. The molecular weight excluding hydrogens is 371 g/mol. The number of imidazole rings is 1. The lowest BCUT2D eigenvalue weighted by Gasteiger charge is -2.24. The highest BCUT2D eigenvalue weighted by atomic mass is 19.1. The molecule has 29 heavy (non-hydrogen) atoms. The summed E-state index contributed by atoms with van der Waals surface area (Å²) in [7, 11) is 0. The predicted molar refractivity (Wildman–Crippen MR) is 107 cm³/mol. The van der Waals surface area contributed by atoms with Crippen LogP contribution in [-0.4, -0.2) is 31.5 Å². The summed E-state index contributed by atoms with van der Waals surface area (Å²) >= 11 is 0. The lowest BCUT2D eigenvalue weighted by Crippen LogP contribution is -2.28. The normalized spacial score (nSPS) is 22.0. The van der Waals surface area contributed by atoms with E-state index in [2.05, 4.69) is 15.3 Å². The van der Waals surface area contributed by atoms with Gasteiger partial charge in [-0.1, -0.05) is 0 Å². The summed E-state index contributed by atoms with van der Waals surface area (Å²) in [6.45, 7) is 0. The van der Waals surface area contributed by atoms with Crippen molar-refractivity contribution in [2.75, 3.05) is 5.32 Å². The number of nitrogens with one attached hydrogen (secondary N) is 1. The summed E-state index contributed by atoms with van der Waals surface area (Å²) in [4.78, 5) is 21.4. The Labute approximate surface area is 167 Å². The van der Waals surface area contributed by atoms with Gasteiger partial charge in [0.1, 0.15) is 5.82 Å². The van der Waals surface area contributed by atoms with Gasteiger partial charge >= 0.3 is 0 Å². The van der Waals surface area contributed by atoms with E-state index < -0.39 is 5.82 Å². The second kappa shape index (κ2) is 7.22. The van der Waals surface area contributed by atoms with E-state index in [1.165, 1.54) is 24.5 Å². The minimum Gasteiger partial charge on any atom is -0.393 e. The Morgan fingerprint density at radius 2 is 1.93 bits per heavy atom. The van der Waals surface area contributed by atoms with E-state index in [1.54, 1.807) is 18.3 Å². The number of carbonyl (C=O) groups is 1. The van der Waals surface area contributed by atoms with E-state index in [0.717, 1.165) is 0 Å². The fraction of sp³-hybridized carbons (Fsp3) is 0.409. The number of amides is 1. The van der Waals surface area contributed by atoms with Gasteiger partial charge in [-0.2, -0.15) is 0 Å². The quantitative estimate of drug-likeness (QED) is 0.703. The Morgan fingerprint density at radius 1 is 1.14 bits per heavy atom. The van der Waals surface area contributed by atoms with Crippen LogP contribution in [0.5, 0.6) is 0 Å². The van der Waals surface area contributed by atoms with E-state index in [0.29, 0.717) is 54.3 Å². The van der Waals surface area contributed by atoms with Gasteiger partial charge in [-0.25, -0.2) is 14.4 Å². The molecule has 1 aromatic carbocycles. The highest BCUT2D eigenvalue weighted by molar-refractivity contribution is 5.93. The van der Waals surface area contributed by atoms with Crippen molar-refractivity contribution in [1.82, 2.24) is 14.4 Å². The molecule has 3 aromatic rings. The topological polar surface area (TPSA) is 79.5 Å². The number of halogens is 1. The fourth-order valence-corrected chi connectivity index (χ4v) is 4.04. The van der Waals surface area contributed by atoms with Gasteiger partial charge in [0, 0.05) is 35.8 Å². The maximum atomic E-state index is 14.5. The van der Waals surface area contributed by atoms with Crippen molar-refractivity contribution in [2.24, 2.45) is 5.92 Å². The molecule has 1 amide bonds. The summed E-state index contributed by atoms with van der Waals surface area (Å²) in [5.74, 6) is 0.509. The first-order valence-electron chi connectivity index (χ1n) is 10.2. The molecule has 2 heterocycles. The second-order valence-electron chi connectivity index (χ2n) is 8.18. The number of hydrogen-bond acceptors (Lipinski definition) is 4. The maximum absolute atomic E-state index is 14.5. The Balaban J connectivity index is 1.39. The van der Waals surface area contributed by atoms with Crippen LogP contribution >= 0.6 is 0 Å². The molecule has 0 saturated heterocycles. The van der Waals surface area contributed by atoms with Gasteiger partial charge in [0.05, 0.1) is 11.8 Å². The molecule has 2 aliphatic rings. The molecular formula is C22H23FN4O2. The predicted octanol–water partition coefficient (Wildman–Crippen LogP) is 3.90. The van der Waals surface area contributed by atoms with Crippen molar-refractivity contribution in [3.63, 3.8) is 0 Å². The summed E-state index contributed by atoms with van der Waals surface area (Å²) < 4.78 is 16.4. The first kappa shape index (κ1) is 18.2. The molecule has 6 nitrogen and oxygen atoms in total. The third-order valence-corrected chi connectivity index (χ3v) is 5.96. The van der Waals surface area contributed by atoms with Crippen LogP contribution in [-0.2, 0) is 4.79 Å². The summed E-state index contributed by atoms with van der Waals surface area (Å²) in [6.07, 6.45) is 10.3. The molecule has 2 aromatic heterocycles. The molecule has 2 N–H and O–H groups in total. The van der Waals surface area contributed by atoms with Crippen LogP contribution in [0.1, 0.15) is 50.0 Å². The van der Waals surface area contributed by atoms with Crippen molar-refractivity contribution < 1.29 is 14.3 Å². The van der Waals surface area contributed by atoms with Crippen LogP contribution < -0.4 is 5.32 Å². The van der Waals surface area contributed by atoms with Gasteiger partial charge in [-0.05, 0) is 68.2 Å². The molecule has 2 fully saturated rings. The number of hydrogen-bond donors (Lipinski definition) is 2. The number of rotatable bonds is 4. The van der Waals surface area contributed by atoms with E-state index >= 15 is 0 Å². The monoisotopic (exact) mass is 394 g/mol.